The van der Waals surface area contributed by atoms with Gasteiger partial charge in [-0.1, -0.05) is 20.8 Å². The molecule has 1 unspecified atom stereocenters. The van der Waals surface area contributed by atoms with Crippen molar-refractivity contribution in [1.82, 2.24) is 20.2 Å². The minimum absolute atomic E-state index is 0.0931. The maximum atomic E-state index is 12.9. The highest BCUT2D eigenvalue weighted by molar-refractivity contribution is 5.82. The SMILES string of the molecule is CCCN(Cc1ncc(-c2cc(C)cc(O)c2)[nH]1)C(=O)C(NC)C(C)C. The quantitative estimate of drug-likeness (QED) is 0.677. The number of carbonyl (C=O) groups is 1. The summed E-state index contributed by atoms with van der Waals surface area (Å²) in [6, 6.07) is 5.20. The van der Waals surface area contributed by atoms with Gasteiger partial charge in [0.25, 0.3) is 0 Å². The molecule has 0 bridgehead atoms. The predicted octanol–water partition coefficient (Wildman–Crippen LogP) is 3.07. The summed E-state index contributed by atoms with van der Waals surface area (Å²) in [7, 11) is 1.82. The summed E-state index contributed by atoms with van der Waals surface area (Å²) in [6.07, 6.45) is 2.63. The summed E-state index contributed by atoms with van der Waals surface area (Å²) in [6.45, 7) is 9.20. The molecular formula is C20H30N4O2. The Morgan fingerprint density at radius 2 is 2.08 bits per heavy atom. The number of amides is 1. The molecule has 0 aliphatic carbocycles. The average molecular weight is 358 g/mol. The number of carbonyl (C=O) groups excluding carboxylic acids is 1. The zero-order valence-corrected chi connectivity index (χ0v) is 16.3. The van der Waals surface area contributed by atoms with E-state index in [4.69, 9.17) is 0 Å². The Labute approximate surface area is 155 Å². The van der Waals surface area contributed by atoms with Crippen LogP contribution < -0.4 is 5.32 Å². The molecule has 6 heteroatoms. The third-order valence-corrected chi connectivity index (χ3v) is 4.39. The Balaban J connectivity index is 2.19. The van der Waals surface area contributed by atoms with Gasteiger partial charge in [0.05, 0.1) is 24.5 Å². The van der Waals surface area contributed by atoms with Crippen molar-refractivity contribution < 1.29 is 9.90 Å². The van der Waals surface area contributed by atoms with Crippen LogP contribution in [0.15, 0.2) is 24.4 Å². The van der Waals surface area contributed by atoms with E-state index in [1.165, 1.54) is 0 Å². The average Bonchev–Trinajstić information content (AvgIpc) is 3.02. The zero-order valence-electron chi connectivity index (χ0n) is 16.3. The lowest BCUT2D eigenvalue weighted by molar-refractivity contribution is -0.135. The van der Waals surface area contributed by atoms with Crippen LogP contribution in [0, 0.1) is 12.8 Å². The Morgan fingerprint density at radius 3 is 2.65 bits per heavy atom. The van der Waals surface area contributed by atoms with E-state index < -0.39 is 0 Å². The van der Waals surface area contributed by atoms with Gasteiger partial charge in [-0.2, -0.15) is 0 Å². The molecule has 0 saturated heterocycles. The molecule has 2 aromatic rings. The highest BCUT2D eigenvalue weighted by Crippen LogP contribution is 2.24. The summed E-state index contributed by atoms with van der Waals surface area (Å²) in [5, 5.41) is 12.9. The van der Waals surface area contributed by atoms with E-state index in [2.05, 4.69) is 22.2 Å². The molecule has 2 rings (SSSR count). The number of H-pyrrole nitrogens is 1. The third kappa shape index (κ3) is 4.85. The van der Waals surface area contributed by atoms with Gasteiger partial charge in [0.15, 0.2) is 0 Å². The molecule has 0 saturated carbocycles. The standard InChI is InChI=1S/C20H30N4O2/c1-6-7-24(20(26)19(21-5)13(2)3)12-18-22-11-17(23-18)15-8-14(4)9-16(25)10-15/h8-11,13,19,21,25H,6-7,12H2,1-5H3,(H,22,23). The molecule has 1 amide bonds. The predicted molar refractivity (Wildman–Crippen MR) is 104 cm³/mol. The lowest BCUT2D eigenvalue weighted by Gasteiger charge is -2.28. The molecular weight excluding hydrogens is 328 g/mol. The van der Waals surface area contributed by atoms with Crippen molar-refractivity contribution in [3.05, 3.63) is 35.8 Å². The van der Waals surface area contributed by atoms with E-state index in [1.807, 2.05) is 38.8 Å². The van der Waals surface area contributed by atoms with Crippen molar-refractivity contribution in [2.24, 2.45) is 5.92 Å². The van der Waals surface area contributed by atoms with E-state index in [-0.39, 0.29) is 23.6 Å². The summed E-state index contributed by atoms with van der Waals surface area (Å²) >= 11 is 0. The number of hydrogen-bond donors (Lipinski definition) is 3. The van der Waals surface area contributed by atoms with Crippen LogP contribution in [0.4, 0.5) is 0 Å². The Bertz CT molecular complexity index is 719. The maximum Gasteiger partial charge on any atom is 0.240 e. The number of nitrogens with zero attached hydrogens (tertiary/aromatic N) is 2. The Kier molecular flexibility index (Phi) is 6.80. The van der Waals surface area contributed by atoms with E-state index in [0.29, 0.717) is 13.1 Å². The first kappa shape index (κ1) is 20.0. The highest BCUT2D eigenvalue weighted by Gasteiger charge is 2.25. The fourth-order valence-corrected chi connectivity index (χ4v) is 3.16. The van der Waals surface area contributed by atoms with Gasteiger partial charge in [-0.3, -0.25) is 4.79 Å². The lowest BCUT2D eigenvalue weighted by Crippen LogP contribution is -2.48. The first-order valence-electron chi connectivity index (χ1n) is 9.16. The van der Waals surface area contributed by atoms with Crippen LogP contribution in [-0.4, -0.2) is 45.5 Å². The summed E-state index contributed by atoms with van der Waals surface area (Å²) in [4.78, 5) is 22.4. The fraction of sp³-hybridized carbons (Fsp3) is 0.500. The summed E-state index contributed by atoms with van der Waals surface area (Å²) in [5.41, 5.74) is 2.69. The molecule has 0 fully saturated rings. The molecule has 0 radical (unpaired) electrons. The van der Waals surface area contributed by atoms with Crippen molar-refractivity contribution in [1.29, 1.82) is 0 Å². The van der Waals surface area contributed by atoms with Gasteiger partial charge < -0.3 is 20.3 Å². The van der Waals surface area contributed by atoms with Crippen LogP contribution in [0.1, 0.15) is 38.6 Å². The number of rotatable bonds is 8. The van der Waals surface area contributed by atoms with Crippen molar-refractivity contribution in [2.75, 3.05) is 13.6 Å². The van der Waals surface area contributed by atoms with E-state index in [9.17, 15) is 9.90 Å². The topological polar surface area (TPSA) is 81.2 Å². The smallest absolute Gasteiger partial charge is 0.240 e. The van der Waals surface area contributed by atoms with Crippen LogP contribution >= 0.6 is 0 Å². The van der Waals surface area contributed by atoms with Gasteiger partial charge in [-0.25, -0.2) is 4.98 Å². The molecule has 1 aromatic heterocycles. The first-order chi connectivity index (χ1) is 12.3. The molecule has 0 aliphatic heterocycles. The molecule has 1 atom stereocenters. The third-order valence-electron chi connectivity index (χ3n) is 4.39. The van der Waals surface area contributed by atoms with E-state index in [0.717, 1.165) is 29.1 Å². The number of aromatic amines is 1. The number of phenols is 1. The van der Waals surface area contributed by atoms with Crippen LogP contribution in [0.25, 0.3) is 11.3 Å². The van der Waals surface area contributed by atoms with Gasteiger partial charge in [0, 0.05) is 12.1 Å². The van der Waals surface area contributed by atoms with Crippen LogP contribution in [0.2, 0.25) is 0 Å². The van der Waals surface area contributed by atoms with Crippen LogP contribution in [-0.2, 0) is 11.3 Å². The highest BCUT2D eigenvalue weighted by atomic mass is 16.3. The number of aromatic nitrogens is 2. The van der Waals surface area contributed by atoms with Gasteiger partial charge in [0.1, 0.15) is 11.6 Å². The molecule has 0 spiro atoms. The molecule has 3 N–H and O–H groups in total. The van der Waals surface area contributed by atoms with Gasteiger partial charge in [-0.15, -0.1) is 0 Å². The number of aromatic hydroxyl groups is 1. The number of imidazole rings is 1. The second-order valence-electron chi connectivity index (χ2n) is 7.07. The van der Waals surface area contributed by atoms with Gasteiger partial charge in [0.2, 0.25) is 5.91 Å². The van der Waals surface area contributed by atoms with E-state index >= 15 is 0 Å². The van der Waals surface area contributed by atoms with Crippen LogP contribution in [0.3, 0.4) is 0 Å². The molecule has 142 valence electrons. The zero-order chi connectivity index (χ0) is 19.3. The monoisotopic (exact) mass is 358 g/mol. The first-order valence-corrected chi connectivity index (χ1v) is 9.16. The van der Waals surface area contributed by atoms with Crippen molar-refractivity contribution in [2.45, 2.75) is 46.7 Å². The minimum Gasteiger partial charge on any atom is -0.508 e. The molecule has 1 heterocycles. The normalized spacial score (nSPS) is 12.4. The largest absolute Gasteiger partial charge is 0.508 e. The van der Waals surface area contributed by atoms with E-state index in [1.54, 1.807) is 18.3 Å². The molecule has 0 aliphatic rings. The number of nitrogens with one attached hydrogen (secondary N) is 2. The minimum atomic E-state index is -0.204. The van der Waals surface area contributed by atoms with Gasteiger partial charge >= 0.3 is 0 Å². The Hall–Kier alpha value is -2.34. The fourth-order valence-electron chi connectivity index (χ4n) is 3.16. The maximum absolute atomic E-state index is 12.9. The number of benzene rings is 1. The molecule has 6 nitrogen and oxygen atoms in total. The molecule has 1 aromatic carbocycles. The second kappa shape index (κ2) is 8.85. The Morgan fingerprint density at radius 1 is 1.35 bits per heavy atom. The number of hydrogen-bond acceptors (Lipinski definition) is 4. The summed E-state index contributed by atoms with van der Waals surface area (Å²) < 4.78 is 0. The summed E-state index contributed by atoms with van der Waals surface area (Å²) in [5.74, 6) is 1.28. The van der Waals surface area contributed by atoms with Crippen molar-refractivity contribution in [3.63, 3.8) is 0 Å². The molecule has 26 heavy (non-hydrogen) atoms. The number of aryl methyl sites for hydroxylation is 1. The lowest BCUT2D eigenvalue weighted by atomic mass is 10.0. The van der Waals surface area contributed by atoms with Crippen molar-refractivity contribution in [3.8, 4) is 17.0 Å². The second-order valence-corrected chi connectivity index (χ2v) is 7.07. The number of phenolic OH excluding ortho intramolecular Hbond substituents is 1. The van der Waals surface area contributed by atoms with Crippen molar-refractivity contribution >= 4 is 5.91 Å². The van der Waals surface area contributed by atoms with Gasteiger partial charge in [-0.05, 0) is 50.1 Å². The number of likely N-dealkylation sites (N-methyl/N-ethyl adjacent to an activating group) is 1. The van der Waals surface area contributed by atoms with Crippen LogP contribution in [0.5, 0.6) is 5.75 Å².